The zero-order valence-electron chi connectivity index (χ0n) is 14.4. The number of ether oxygens (including phenoxy) is 1. The number of thiazole rings is 1. The van der Waals surface area contributed by atoms with E-state index in [1.807, 2.05) is 24.4 Å². The van der Waals surface area contributed by atoms with E-state index in [4.69, 9.17) is 4.74 Å². The molecular weight excluding hydrogens is 324 g/mol. The maximum atomic E-state index is 12.7. The van der Waals surface area contributed by atoms with Gasteiger partial charge in [0.05, 0.1) is 17.9 Å². The number of morpholine rings is 1. The lowest BCUT2D eigenvalue weighted by atomic mass is 10.2. The van der Waals surface area contributed by atoms with Crippen molar-refractivity contribution >= 4 is 28.1 Å². The van der Waals surface area contributed by atoms with Crippen LogP contribution >= 0.6 is 11.3 Å². The van der Waals surface area contributed by atoms with Crippen molar-refractivity contribution in [3.63, 3.8) is 0 Å². The van der Waals surface area contributed by atoms with Crippen molar-refractivity contribution in [2.75, 3.05) is 29.9 Å². The summed E-state index contributed by atoms with van der Waals surface area (Å²) in [6, 6.07) is 3.79. The summed E-state index contributed by atoms with van der Waals surface area (Å²) < 4.78 is 5.77. The molecule has 0 aliphatic carbocycles. The van der Waals surface area contributed by atoms with Gasteiger partial charge in [-0.1, -0.05) is 0 Å². The summed E-state index contributed by atoms with van der Waals surface area (Å²) in [6.45, 7) is 7.66. The number of aromatic nitrogens is 2. The highest BCUT2D eigenvalue weighted by Gasteiger charge is 2.24. The quantitative estimate of drug-likeness (QED) is 0.855. The molecule has 1 aliphatic heterocycles. The van der Waals surface area contributed by atoms with Gasteiger partial charge in [0.25, 0.3) is 5.91 Å². The van der Waals surface area contributed by atoms with Crippen LogP contribution in [0.15, 0.2) is 23.7 Å². The van der Waals surface area contributed by atoms with Gasteiger partial charge in [-0.2, -0.15) is 0 Å². The number of anilines is 2. The van der Waals surface area contributed by atoms with Gasteiger partial charge in [0.15, 0.2) is 5.13 Å². The number of hydrogen-bond acceptors (Lipinski definition) is 6. The Morgan fingerprint density at radius 1 is 1.38 bits per heavy atom. The summed E-state index contributed by atoms with van der Waals surface area (Å²) in [4.78, 5) is 25.1. The van der Waals surface area contributed by atoms with Crippen molar-refractivity contribution in [2.24, 2.45) is 0 Å². The van der Waals surface area contributed by atoms with Gasteiger partial charge in [-0.3, -0.25) is 14.7 Å². The minimum atomic E-state index is -0.152. The molecule has 6 nitrogen and oxygen atoms in total. The van der Waals surface area contributed by atoms with Crippen LogP contribution in [-0.2, 0) is 4.74 Å². The van der Waals surface area contributed by atoms with Gasteiger partial charge < -0.3 is 9.64 Å². The van der Waals surface area contributed by atoms with Crippen molar-refractivity contribution in [1.82, 2.24) is 9.97 Å². The Bertz CT molecular complexity index is 723. The molecule has 1 aliphatic rings. The van der Waals surface area contributed by atoms with E-state index in [-0.39, 0.29) is 18.1 Å². The van der Waals surface area contributed by atoms with E-state index >= 15 is 0 Å². The predicted molar refractivity (Wildman–Crippen MR) is 96.0 cm³/mol. The molecule has 0 aromatic carbocycles. The van der Waals surface area contributed by atoms with Gasteiger partial charge >= 0.3 is 0 Å². The number of aryl methyl sites for hydroxylation is 1. The minimum absolute atomic E-state index is 0.152. The molecule has 0 unspecified atom stereocenters. The maximum Gasteiger partial charge on any atom is 0.278 e. The second-order valence-corrected chi connectivity index (χ2v) is 7.03. The molecule has 0 N–H and O–H groups in total. The summed E-state index contributed by atoms with van der Waals surface area (Å²) in [5, 5.41) is 2.61. The molecule has 1 saturated heterocycles. The fourth-order valence-electron chi connectivity index (χ4n) is 2.88. The van der Waals surface area contributed by atoms with Crippen LogP contribution < -0.4 is 9.80 Å². The maximum absolute atomic E-state index is 12.7. The van der Waals surface area contributed by atoms with E-state index in [1.165, 1.54) is 11.3 Å². The third-order valence-electron chi connectivity index (χ3n) is 3.95. The summed E-state index contributed by atoms with van der Waals surface area (Å²) in [5.41, 5.74) is 2.33. The van der Waals surface area contributed by atoms with Crippen LogP contribution in [0.25, 0.3) is 0 Å². The summed E-state index contributed by atoms with van der Waals surface area (Å²) >= 11 is 1.45. The van der Waals surface area contributed by atoms with E-state index in [0.717, 1.165) is 24.5 Å². The first-order chi connectivity index (χ1) is 11.4. The number of pyridine rings is 1. The smallest absolute Gasteiger partial charge is 0.278 e. The highest BCUT2D eigenvalue weighted by molar-refractivity contribution is 7.14. The zero-order chi connectivity index (χ0) is 17.3. The number of carbonyl (C=O) groups is 1. The van der Waals surface area contributed by atoms with E-state index in [0.29, 0.717) is 10.8 Å². The van der Waals surface area contributed by atoms with Crippen LogP contribution in [0.4, 0.5) is 10.8 Å². The average molecular weight is 346 g/mol. The molecule has 0 spiro atoms. The molecule has 7 heteroatoms. The number of hydrogen-bond donors (Lipinski definition) is 0. The molecule has 0 bridgehead atoms. The average Bonchev–Trinajstić information content (AvgIpc) is 2.99. The molecule has 1 fully saturated rings. The Morgan fingerprint density at radius 3 is 2.71 bits per heavy atom. The Balaban J connectivity index is 1.81. The van der Waals surface area contributed by atoms with Crippen LogP contribution in [0.1, 0.15) is 30.0 Å². The molecule has 128 valence electrons. The molecular formula is C17H22N4O2S. The van der Waals surface area contributed by atoms with Crippen molar-refractivity contribution in [2.45, 2.75) is 33.0 Å². The fourth-order valence-corrected chi connectivity index (χ4v) is 3.64. The Labute approximate surface area is 146 Å². The lowest BCUT2D eigenvalue weighted by Gasteiger charge is -2.36. The standard InChI is InChI=1S/C17H22N4O2S/c1-11-10-24-17(19-11)20(4)16(22)15-7-14(5-6-18-15)21-8-12(2)23-13(3)9-21/h5-7,10,12-13H,8-9H2,1-4H3/t12-,13+. The third kappa shape index (κ3) is 3.57. The second-order valence-electron chi connectivity index (χ2n) is 6.20. The van der Waals surface area contributed by atoms with Crippen LogP contribution in [0.5, 0.6) is 0 Å². The Hall–Kier alpha value is -1.99. The van der Waals surface area contributed by atoms with Gasteiger partial charge in [0.2, 0.25) is 0 Å². The van der Waals surface area contributed by atoms with Crippen molar-refractivity contribution < 1.29 is 9.53 Å². The summed E-state index contributed by atoms with van der Waals surface area (Å²) in [5.74, 6) is -0.152. The Kier molecular flexibility index (Phi) is 4.82. The first-order valence-corrected chi connectivity index (χ1v) is 8.88. The topological polar surface area (TPSA) is 58.6 Å². The van der Waals surface area contributed by atoms with E-state index in [2.05, 4.69) is 28.7 Å². The van der Waals surface area contributed by atoms with E-state index in [1.54, 1.807) is 18.1 Å². The summed E-state index contributed by atoms with van der Waals surface area (Å²) in [7, 11) is 1.73. The van der Waals surface area contributed by atoms with Crippen LogP contribution in [0.2, 0.25) is 0 Å². The molecule has 2 atom stereocenters. The number of amides is 1. The highest BCUT2D eigenvalue weighted by atomic mass is 32.1. The number of carbonyl (C=O) groups excluding carboxylic acids is 1. The SMILES string of the molecule is Cc1csc(N(C)C(=O)c2cc(N3C[C@@H](C)O[C@@H](C)C3)ccn2)n1. The number of rotatable bonds is 3. The largest absolute Gasteiger partial charge is 0.372 e. The molecule has 3 heterocycles. The van der Waals surface area contributed by atoms with Gasteiger partial charge in [-0.25, -0.2) is 4.98 Å². The molecule has 2 aromatic heterocycles. The van der Waals surface area contributed by atoms with Crippen molar-refractivity contribution in [3.05, 3.63) is 35.1 Å². The molecule has 1 amide bonds. The molecule has 24 heavy (non-hydrogen) atoms. The van der Waals surface area contributed by atoms with Crippen molar-refractivity contribution in [3.8, 4) is 0 Å². The monoisotopic (exact) mass is 346 g/mol. The molecule has 2 aromatic rings. The van der Waals surface area contributed by atoms with Crippen molar-refractivity contribution in [1.29, 1.82) is 0 Å². The first kappa shape index (κ1) is 16.9. The fraction of sp³-hybridized carbons (Fsp3) is 0.471. The molecule has 3 rings (SSSR count). The normalized spacial score (nSPS) is 20.9. The van der Waals surface area contributed by atoms with E-state index in [9.17, 15) is 4.79 Å². The zero-order valence-corrected chi connectivity index (χ0v) is 15.2. The lowest BCUT2D eigenvalue weighted by Crippen LogP contribution is -2.45. The molecule has 0 radical (unpaired) electrons. The summed E-state index contributed by atoms with van der Waals surface area (Å²) in [6.07, 6.45) is 2.03. The van der Waals surface area contributed by atoms with Crippen LogP contribution in [0.3, 0.4) is 0 Å². The van der Waals surface area contributed by atoms with Gasteiger partial charge in [-0.05, 0) is 32.9 Å². The van der Waals surface area contributed by atoms with Gasteiger partial charge in [0, 0.05) is 37.4 Å². The third-order valence-corrected chi connectivity index (χ3v) is 4.98. The highest BCUT2D eigenvalue weighted by Crippen LogP contribution is 2.23. The van der Waals surface area contributed by atoms with Gasteiger partial charge in [0.1, 0.15) is 5.69 Å². The number of nitrogens with zero attached hydrogens (tertiary/aromatic N) is 4. The Morgan fingerprint density at radius 2 is 2.08 bits per heavy atom. The predicted octanol–water partition coefficient (Wildman–Crippen LogP) is 2.74. The van der Waals surface area contributed by atoms with Crippen LogP contribution in [0, 0.1) is 6.92 Å². The van der Waals surface area contributed by atoms with Gasteiger partial charge in [-0.15, -0.1) is 11.3 Å². The van der Waals surface area contributed by atoms with E-state index < -0.39 is 0 Å². The lowest BCUT2D eigenvalue weighted by molar-refractivity contribution is -0.00522. The minimum Gasteiger partial charge on any atom is -0.372 e. The molecule has 0 saturated carbocycles. The first-order valence-electron chi connectivity index (χ1n) is 8.00. The van der Waals surface area contributed by atoms with Crippen LogP contribution in [-0.4, -0.2) is 48.2 Å². The second kappa shape index (κ2) is 6.86.